The van der Waals surface area contributed by atoms with Crippen molar-refractivity contribution in [2.24, 2.45) is 11.8 Å². The van der Waals surface area contributed by atoms with E-state index < -0.39 is 5.97 Å². The van der Waals surface area contributed by atoms with Gasteiger partial charge in [0.1, 0.15) is 0 Å². The van der Waals surface area contributed by atoms with Gasteiger partial charge in [0, 0.05) is 18.9 Å². The average molecular weight is 418 g/mol. The van der Waals surface area contributed by atoms with Crippen LogP contribution >= 0.6 is 12.2 Å². The molecule has 2 aliphatic rings. The molecule has 0 spiro atoms. The zero-order chi connectivity index (χ0) is 20.5. The summed E-state index contributed by atoms with van der Waals surface area (Å²) in [5, 5.41) is 12.4. The minimum absolute atomic E-state index is 0.229. The Kier molecular flexibility index (Phi) is 8.50. The first-order valence-electron chi connectivity index (χ1n) is 10.6. The summed E-state index contributed by atoms with van der Waals surface area (Å²) in [5.74, 6) is 0.0911. The molecular formula is C23H31NO4S. The molecule has 0 aliphatic carbocycles. The summed E-state index contributed by atoms with van der Waals surface area (Å²) in [6.45, 7) is 1.36. The zero-order valence-corrected chi connectivity index (χ0v) is 17.6. The van der Waals surface area contributed by atoms with E-state index in [0.717, 1.165) is 38.6 Å². The van der Waals surface area contributed by atoms with Gasteiger partial charge in [-0.2, -0.15) is 0 Å². The topological polar surface area (TPSA) is 67.8 Å². The first kappa shape index (κ1) is 21.8. The first-order chi connectivity index (χ1) is 14.1. The van der Waals surface area contributed by atoms with E-state index in [1.165, 1.54) is 5.56 Å². The maximum Gasteiger partial charge on any atom is 0.303 e. The van der Waals surface area contributed by atoms with Gasteiger partial charge >= 0.3 is 5.97 Å². The molecule has 0 saturated carbocycles. The molecule has 0 unspecified atom stereocenters. The van der Waals surface area contributed by atoms with Crippen molar-refractivity contribution in [1.29, 1.82) is 0 Å². The molecule has 6 heteroatoms. The predicted molar refractivity (Wildman–Crippen MR) is 117 cm³/mol. The third kappa shape index (κ3) is 6.82. The summed E-state index contributed by atoms with van der Waals surface area (Å²) >= 11 is 5.35. The number of hydrogen-bond donors (Lipinski definition) is 2. The van der Waals surface area contributed by atoms with Gasteiger partial charge in [0.25, 0.3) is 5.17 Å². The molecule has 0 radical (unpaired) electrons. The number of carboxylic acids is 1. The van der Waals surface area contributed by atoms with Crippen molar-refractivity contribution in [3.05, 3.63) is 48.0 Å². The molecule has 4 atom stereocenters. The van der Waals surface area contributed by atoms with Crippen molar-refractivity contribution in [2.75, 3.05) is 13.2 Å². The summed E-state index contributed by atoms with van der Waals surface area (Å²) in [6.07, 6.45) is 10.7. The van der Waals surface area contributed by atoms with Gasteiger partial charge in [-0.1, -0.05) is 42.5 Å². The fraction of sp³-hybridized carbons (Fsp3) is 0.565. The lowest BCUT2D eigenvalue weighted by Crippen LogP contribution is -2.34. The molecule has 2 bridgehead atoms. The van der Waals surface area contributed by atoms with Gasteiger partial charge < -0.3 is 19.9 Å². The van der Waals surface area contributed by atoms with E-state index in [2.05, 4.69) is 29.6 Å². The van der Waals surface area contributed by atoms with E-state index in [-0.39, 0.29) is 12.5 Å². The number of unbranched alkanes of at least 4 members (excludes halogenated alkanes) is 1. The van der Waals surface area contributed by atoms with Gasteiger partial charge in [0.05, 0.1) is 18.8 Å². The van der Waals surface area contributed by atoms with Crippen LogP contribution in [0.3, 0.4) is 0 Å². The van der Waals surface area contributed by atoms with Gasteiger partial charge in [0.15, 0.2) is 0 Å². The maximum atomic E-state index is 10.6. The summed E-state index contributed by atoms with van der Waals surface area (Å²) in [5.41, 5.74) is 1.28. The molecule has 1 aromatic rings. The predicted octanol–water partition coefficient (Wildman–Crippen LogP) is 4.12. The second-order valence-corrected chi connectivity index (χ2v) is 8.24. The number of rotatable bonds is 11. The Bertz CT molecular complexity index is 693. The van der Waals surface area contributed by atoms with Crippen LogP contribution in [0.4, 0.5) is 0 Å². The maximum absolute atomic E-state index is 10.6. The number of carboxylic acid groups (broad SMARTS) is 1. The molecule has 5 nitrogen and oxygen atoms in total. The van der Waals surface area contributed by atoms with E-state index in [9.17, 15) is 4.79 Å². The summed E-state index contributed by atoms with van der Waals surface area (Å²) in [7, 11) is 0. The zero-order valence-electron chi connectivity index (χ0n) is 16.8. The molecule has 2 fully saturated rings. The van der Waals surface area contributed by atoms with Crippen LogP contribution in [0.15, 0.2) is 42.5 Å². The number of hydrogen-bond acceptors (Lipinski definition) is 4. The fourth-order valence-corrected chi connectivity index (χ4v) is 4.52. The van der Waals surface area contributed by atoms with Crippen LogP contribution < -0.4 is 5.32 Å². The Labute approximate surface area is 178 Å². The van der Waals surface area contributed by atoms with Crippen molar-refractivity contribution >= 4 is 23.4 Å². The van der Waals surface area contributed by atoms with Gasteiger partial charge in [-0.05, 0) is 62.2 Å². The van der Waals surface area contributed by atoms with Gasteiger partial charge in [-0.25, -0.2) is 0 Å². The van der Waals surface area contributed by atoms with E-state index in [0.29, 0.717) is 36.1 Å². The van der Waals surface area contributed by atoms with Crippen molar-refractivity contribution in [1.82, 2.24) is 5.32 Å². The van der Waals surface area contributed by atoms with Crippen molar-refractivity contribution in [2.45, 2.75) is 57.2 Å². The number of ether oxygens (including phenoxy) is 2. The fourth-order valence-electron chi connectivity index (χ4n) is 4.35. The molecule has 158 valence electrons. The van der Waals surface area contributed by atoms with E-state index in [4.69, 9.17) is 26.8 Å². The minimum atomic E-state index is -0.731. The van der Waals surface area contributed by atoms with Gasteiger partial charge in [-0.15, -0.1) is 0 Å². The lowest BCUT2D eigenvalue weighted by Gasteiger charge is -2.27. The van der Waals surface area contributed by atoms with Crippen LogP contribution in [0.5, 0.6) is 0 Å². The van der Waals surface area contributed by atoms with E-state index in [1.54, 1.807) is 0 Å². The first-order valence-corrected chi connectivity index (χ1v) is 11.0. The highest BCUT2D eigenvalue weighted by molar-refractivity contribution is 7.80. The molecule has 2 heterocycles. The summed E-state index contributed by atoms with van der Waals surface area (Å²) in [4.78, 5) is 10.6. The summed E-state index contributed by atoms with van der Waals surface area (Å²) < 4.78 is 12.0. The van der Waals surface area contributed by atoms with E-state index >= 15 is 0 Å². The van der Waals surface area contributed by atoms with Crippen LogP contribution in [0.1, 0.15) is 44.1 Å². The number of carbonyl (C=O) groups is 1. The van der Waals surface area contributed by atoms with Crippen LogP contribution in [0, 0.1) is 11.8 Å². The highest BCUT2D eigenvalue weighted by Crippen LogP contribution is 2.45. The number of allylic oxidation sites excluding steroid dienone is 2. The molecular weight excluding hydrogens is 386 g/mol. The highest BCUT2D eigenvalue weighted by Gasteiger charge is 2.48. The van der Waals surface area contributed by atoms with Crippen LogP contribution in [0.25, 0.3) is 0 Å². The average Bonchev–Trinajstić information content (AvgIpc) is 3.31. The number of thiocarbonyl (C=S) groups is 1. The lowest BCUT2D eigenvalue weighted by atomic mass is 9.78. The van der Waals surface area contributed by atoms with Gasteiger partial charge in [0.2, 0.25) is 0 Å². The number of fused-ring (bicyclic) bond motifs is 2. The second kappa shape index (κ2) is 11.3. The molecule has 2 aliphatic heterocycles. The summed E-state index contributed by atoms with van der Waals surface area (Å²) in [6, 6.07) is 10.3. The van der Waals surface area contributed by atoms with Crippen LogP contribution in [-0.4, -0.2) is 41.6 Å². The largest absolute Gasteiger partial charge is 0.481 e. The Morgan fingerprint density at radius 1 is 1.21 bits per heavy atom. The molecule has 3 rings (SSSR count). The smallest absolute Gasteiger partial charge is 0.303 e. The number of nitrogens with one attached hydrogen (secondary N) is 1. The Morgan fingerprint density at radius 2 is 1.97 bits per heavy atom. The molecule has 0 aromatic heterocycles. The quantitative estimate of drug-likeness (QED) is 0.321. The van der Waals surface area contributed by atoms with Crippen molar-refractivity contribution in [3.8, 4) is 0 Å². The molecule has 29 heavy (non-hydrogen) atoms. The molecule has 2 N–H and O–H groups in total. The third-order valence-electron chi connectivity index (χ3n) is 5.86. The third-order valence-corrected chi connectivity index (χ3v) is 6.12. The van der Waals surface area contributed by atoms with E-state index in [1.807, 2.05) is 18.2 Å². The second-order valence-electron chi connectivity index (χ2n) is 7.87. The minimum Gasteiger partial charge on any atom is -0.481 e. The number of benzene rings is 1. The monoisotopic (exact) mass is 417 g/mol. The lowest BCUT2D eigenvalue weighted by molar-refractivity contribution is -0.137. The molecule has 1 aromatic carbocycles. The Morgan fingerprint density at radius 3 is 2.72 bits per heavy atom. The highest BCUT2D eigenvalue weighted by atomic mass is 32.1. The molecule has 2 saturated heterocycles. The normalized spacial score (nSPS) is 25.4. The Balaban J connectivity index is 1.37. The van der Waals surface area contributed by atoms with Crippen LogP contribution in [-0.2, 0) is 20.7 Å². The van der Waals surface area contributed by atoms with Crippen molar-refractivity contribution < 1.29 is 19.4 Å². The SMILES string of the molecule is O=C(O)CCC/C=C\C[C@@H]1[C@H](COC(=S)NCCc2ccccc2)[C@@H]2CC[C@H]1O2. The van der Waals surface area contributed by atoms with Gasteiger partial charge in [-0.3, -0.25) is 4.79 Å². The Hall–Kier alpha value is -1.92. The van der Waals surface area contributed by atoms with Crippen LogP contribution in [0.2, 0.25) is 0 Å². The van der Waals surface area contributed by atoms with Crippen molar-refractivity contribution in [3.63, 3.8) is 0 Å². The number of aliphatic carboxylic acids is 1. The standard InChI is InChI=1S/C23H31NO4S/c25-22(26)11-7-2-1-6-10-18-19(21-13-12-20(18)28-21)16-27-23(29)24-15-14-17-8-4-3-5-9-17/h1,3-6,8-9,18-21H,2,7,10-16H2,(H,24,29)(H,25,26)/b6-1-/t18-,19+,20-,21+/m1/s1. The molecule has 0 amide bonds.